The van der Waals surface area contributed by atoms with Gasteiger partial charge in [-0.2, -0.15) is 4.98 Å². The molecule has 9 nitrogen and oxygen atoms in total. The van der Waals surface area contributed by atoms with Crippen LogP contribution in [0.15, 0.2) is 47.2 Å². The van der Waals surface area contributed by atoms with Crippen LogP contribution in [-0.2, 0) is 4.79 Å². The number of alkyl halides is 1. The average Bonchev–Trinajstić information content (AvgIpc) is 3.25. The summed E-state index contributed by atoms with van der Waals surface area (Å²) in [6.45, 7) is 2.54. The number of aromatic nitrogens is 4. The Morgan fingerprint density at radius 1 is 1.26 bits per heavy atom. The van der Waals surface area contributed by atoms with Gasteiger partial charge in [0.15, 0.2) is 0 Å². The molecule has 10 heteroatoms. The number of hydrogen-bond donors (Lipinski definition) is 1. The molecule has 6 rings (SSSR count). The molecule has 3 aromatic heterocycles. The molecule has 4 aromatic rings. The summed E-state index contributed by atoms with van der Waals surface area (Å²) in [5.74, 6) is 0.0590. The van der Waals surface area contributed by atoms with Crippen LogP contribution in [0.25, 0.3) is 17.0 Å². The maximum atomic E-state index is 13.3. The number of nitrogens with one attached hydrogen (secondary N) is 1. The summed E-state index contributed by atoms with van der Waals surface area (Å²) >= 11 is 0. The number of hydrogen-bond acceptors (Lipinski definition) is 6. The van der Waals surface area contributed by atoms with E-state index >= 15 is 0 Å². The quantitative estimate of drug-likeness (QED) is 0.484. The summed E-state index contributed by atoms with van der Waals surface area (Å²) < 4.78 is 20.2. The minimum Gasteiger partial charge on any atom is -0.339 e. The van der Waals surface area contributed by atoms with Crippen molar-refractivity contribution in [2.75, 3.05) is 16.8 Å². The number of anilines is 2. The van der Waals surface area contributed by atoms with E-state index in [1.54, 1.807) is 27.6 Å². The highest BCUT2D eigenvalue weighted by Gasteiger charge is 2.43. The first-order valence-corrected chi connectivity index (χ1v) is 11.2. The Hall–Kier alpha value is -4.08. The fourth-order valence-corrected chi connectivity index (χ4v) is 4.22. The lowest BCUT2D eigenvalue weighted by Crippen LogP contribution is -2.24. The molecule has 172 valence electrons. The van der Waals surface area contributed by atoms with Gasteiger partial charge in [0.2, 0.25) is 17.6 Å². The molecule has 1 aliphatic heterocycles. The molecule has 1 aromatic carbocycles. The predicted octanol–water partition coefficient (Wildman–Crippen LogP) is 3.90. The minimum absolute atomic E-state index is 0.0752. The van der Waals surface area contributed by atoms with Crippen LogP contribution in [0, 0.1) is 6.92 Å². The van der Waals surface area contributed by atoms with Gasteiger partial charge < -0.3 is 14.7 Å². The van der Waals surface area contributed by atoms with Gasteiger partial charge >= 0.3 is 0 Å². The highest BCUT2D eigenvalue weighted by Crippen LogP contribution is 2.43. The number of benzene rings is 1. The van der Waals surface area contributed by atoms with Gasteiger partial charge in [0.25, 0.3) is 5.91 Å². The Morgan fingerprint density at radius 3 is 2.88 bits per heavy atom. The van der Waals surface area contributed by atoms with Crippen molar-refractivity contribution in [1.29, 1.82) is 0 Å². The molecule has 0 radical (unpaired) electrons. The predicted molar refractivity (Wildman–Crippen MR) is 121 cm³/mol. The third kappa shape index (κ3) is 3.51. The lowest BCUT2D eigenvalue weighted by atomic mass is 10.1. The molecule has 2 fully saturated rings. The largest absolute Gasteiger partial charge is 0.339 e. The van der Waals surface area contributed by atoms with E-state index in [4.69, 9.17) is 4.52 Å². The Labute approximate surface area is 193 Å². The van der Waals surface area contributed by atoms with E-state index in [1.807, 2.05) is 25.1 Å². The topological polar surface area (TPSA) is 106 Å². The minimum atomic E-state index is -0.921. The number of carbonyl (C=O) groups excluding carboxylic acids is 2. The van der Waals surface area contributed by atoms with Gasteiger partial charge in [-0.15, -0.1) is 0 Å². The van der Waals surface area contributed by atoms with E-state index in [1.165, 1.54) is 6.20 Å². The maximum Gasteiger partial charge on any atom is 0.274 e. The van der Waals surface area contributed by atoms with Gasteiger partial charge in [-0.25, -0.2) is 9.37 Å². The van der Waals surface area contributed by atoms with Crippen LogP contribution in [-0.4, -0.2) is 44.1 Å². The number of imidazole rings is 1. The zero-order valence-electron chi connectivity index (χ0n) is 18.4. The van der Waals surface area contributed by atoms with Crippen LogP contribution in [0.3, 0.4) is 0 Å². The number of nitrogens with zero attached hydrogens (tertiary/aromatic N) is 5. The van der Waals surface area contributed by atoms with Crippen LogP contribution in [0.5, 0.6) is 0 Å². The first-order valence-electron chi connectivity index (χ1n) is 11.2. The monoisotopic (exact) mass is 460 g/mol. The molecule has 0 unspecified atom stereocenters. The summed E-state index contributed by atoms with van der Waals surface area (Å²) in [6, 6.07) is 9.07. The maximum absolute atomic E-state index is 13.3. The molecular weight excluding hydrogens is 439 g/mol. The van der Waals surface area contributed by atoms with Gasteiger partial charge in [0.1, 0.15) is 17.5 Å². The van der Waals surface area contributed by atoms with Crippen molar-refractivity contribution >= 4 is 28.8 Å². The van der Waals surface area contributed by atoms with Crippen molar-refractivity contribution < 1.29 is 18.5 Å². The number of rotatable bonds is 5. The number of fused-ring (bicyclic) bond motifs is 1. The van der Waals surface area contributed by atoms with E-state index in [0.717, 1.165) is 17.7 Å². The molecule has 0 spiro atoms. The van der Waals surface area contributed by atoms with E-state index in [-0.39, 0.29) is 17.7 Å². The van der Waals surface area contributed by atoms with Gasteiger partial charge in [0.05, 0.1) is 17.8 Å². The van der Waals surface area contributed by atoms with Gasteiger partial charge in [-0.3, -0.25) is 14.0 Å². The molecule has 2 amide bonds. The molecule has 34 heavy (non-hydrogen) atoms. The molecular formula is C24H21FN6O3. The Balaban J connectivity index is 1.28. The molecule has 1 aliphatic carbocycles. The zero-order valence-corrected chi connectivity index (χ0v) is 18.4. The van der Waals surface area contributed by atoms with Crippen molar-refractivity contribution in [2.24, 2.45) is 0 Å². The Kier molecular flexibility index (Phi) is 4.68. The zero-order chi connectivity index (χ0) is 23.4. The van der Waals surface area contributed by atoms with Crippen molar-refractivity contribution in [3.8, 4) is 11.4 Å². The average molecular weight is 460 g/mol. The Bertz CT molecular complexity index is 1440. The van der Waals surface area contributed by atoms with E-state index in [2.05, 4.69) is 20.4 Å². The summed E-state index contributed by atoms with van der Waals surface area (Å²) in [5, 5.41) is 6.90. The first-order chi connectivity index (χ1) is 16.5. The van der Waals surface area contributed by atoms with Crippen molar-refractivity contribution in [2.45, 2.75) is 38.3 Å². The van der Waals surface area contributed by atoms with Gasteiger partial charge in [-0.05, 0) is 43.5 Å². The lowest BCUT2D eigenvalue weighted by Gasteiger charge is -2.16. The molecule has 4 heterocycles. The van der Waals surface area contributed by atoms with E-state index in [0.29, 0.717) is 53.7 Å². The molecule has 1 N–H and O–H groups in total. The molecule has 1 saturated carbocycles. The smallest absolute Gasteiger partial charge is 0.274 e. The number of pyridine rings is 1. The fraction of sp³-hybridized carbons (Fsp3) is 0.292. The first kappa shape index (κ1) is 20.5. The Morgan fingerprint density at radius 2 is 2.12 bits per heavy atom. The molecule has 2 aliphatic rings. The number of amides is 2. The second-order valence-corrected chi connectivity index (χ2v) is 8.71. The van der Waals surface area contributed by atoms with Crippen LogP contribution >= 0.6 is 0 Å². The highest BCUT2D eigenvalue weighted by atomic mass is 19.1. The normalized spacial score (nSPS) is 19.7. The fourth-order valence-electron chi connectivity index (χ4n) is 4.22. The summed E-state index contributed by atoms with van der Waals surface area (Å²) in [6.07, 6.45) is 4.11. The summed E-state index contributed by atoms with van der Waals surface area (Å²) in [7, 11) is 0. The number of halogens is 1. The molecule has 2 atom stereocenters. The number of aryl methyl sites for hydroxylation is 1. The third-order valence-corrected chi connectivity index (χ3v) is 6.32. The summed E-state index contributed by atoms with van der Waals surface area (Å²) in [5.41, 5.74) is 3.78. The van der Waals surface area contributed by atoms with Crippen molar-refractivity contribution in [3.63, 3.8) is 0 Å². The van der Waals surface area contributed by atoms with Crippen LogP contribution in [0.2, 0.25) is 0 Å². The standard InChI is InChI=1S/C24H21FN6O3/c1-13-4-5-14(22-28-24(34-29-22)16-10-17(16)25)9-18(13)27-23(33)19-11-26-20-7-6-15(12-31(19)20)30-8-2-3-21(30)32/h4-7,9,11-12,16-17H,2-3,8,10H2,1H3,(H,27,33)/t16-,17-/m0/s1. The van der Waals surface area contributed by atoms with Gasteiger partial charge in [0, 0.05) is 30.4 Å². The summed E-state index contributed by atoms with van der Waals surface area (Å²) in [4.78, 5) is 35.7. The SMILES string of the molecule is Cc1ccc(-c2noc([C@H]3C[C@@H]3F)n2)cc1NC(=O)c1cnc2ccc(N3CCCC3=O)cn12. The van der Waals surface area contributed by atoms with Crippen molar-refractivity contribution in [3.05, 3.63) is 59.9 Å². The van der Waals surface area contributed by atoms with Gasteiger partial charge in [-0.1, -0.05) is 17.3 Å². The number of carbonyl (C=O) groups is 2. The second kappa shape index (κ2) is 7.75. The highest BCUT2D eigenvalue weighted by molar-refractivity contribution is 6.04. The van der Waals surface area contributed by atoms with Crippen LogP contribution in [0.1, 0.15) is 47.1 Å². The third-order valence-electron chi connectivity index (χ3n) is 6.32. The molecule has 0 bridgehead atoms. The van der Waals surface area contributed by atoms with Crippen molar-refractivity contribution in [1.82, 2.24) is 19.5 Å². The molecule has 1 saturated heterocycles. The van der Waals surface area contributed by atoms with Crippen LogP contribution < -0.4 is 10.2 Å². The lowest BCUT2D eigenvalue weighted by molar-refractivity contribution is -0.117. The second-order valence-electron chi connectivity index (χ2n) is 8.71. The van der Waals surface area contributed by atoms with E-state index in [9.17, 15) is 14.0 Å². The van der Waals surface area contributed by atoms with E-state index < -0.39 is 6.17 Å². The van der Waals surface area contributed by atoms with Crippen LogP contribution in [0.4, 0.5) is 15.8 Å².